The van der Waals surface area contributed by atoms with E-state index in [0.29, 0.717) is 17.9 Å². The van der Waals surface area contributed by atoms with Crippen molar-refractivity contribution in [1.82, 2.24) is 0 Å². The second-order valence-corrected chi connectivity index (χ2v) is 7.89. The molecule has 2 aromatic rings. The van der Waals surface area contributed by atoms with Crippen molar-refractivity contribution in [3.8, 4) is 23.0 Å². The van der Waals surface area contributed by atoms with Gasteiger partial charge in [0.25, 0.3) is 0 Å². The Kier molecular flexibility index (Phi) is 9.34. The molecule has 165 valence electrons. The van der Waals surface area contributed by atoms with Gasteiger partial charge in [-0.05, 0) is 35.4 Å². The summed E-state index contributed by atoms with van der Waals surface area (Å²) in [5.41, 5.74) is 3.66. The normalized spacial score (nSPS) is 19.6. The predicted molar refractivity (Wildman–Crippen MR) is 115 cm³/mol. The van der Waals surface area contributed by atoms with Crippen LogP contribution in [0.2, 0.25) is 0 Å². The summed E-state index contributed by atoms with van der Waals surface area (Å²) in [5.74, 6) is 2.90. The van der Waals surface area contributed by atoms with Gasteiger partial charge in [-0.3, -0.25) is 6.29 Å². The molecule has 0 fully saturated rings. The molecule has 31 heavy (non-hydrogen) atoms. The third kappa shape index (κ3) is 5.41. The van der Waals surface area contributed by atoms with Crippen LogP contribution in [0, 0.1) is 0 Å². The van der Waals surface area contributed by atoms with Gasteiger partial charge in [-0.25, -0.2) is 0 Å². The third-order valence-corrected chi connectivity index (χ3v) is 6.25. The van der Waals surface area contributed by atoms with E-state index in [9.17, 15) is 4.79 Å². The van der Waals surface area contributed by atoms with Crippen LogP contribution < -0.4 is 18.9 Å². The van der Waals surface area contributed by atoms with Gasteiger partial charge in [-0.2, -0.15) is 0 Å². The molecule has 0 saturated carbocycles. The van der Waals surface area contributed by atoms with Gasteiger partial charge in [0.05, 0.1) is 48.6 Å². The summed E-state index contributed by atoms with van der Waals surface area (Å²) in [6.07, 6.45) is 4.22. The molecule has 7 heteroatoms. The predicted octanol–water partition coefficient (Wildman–Crippen LogP) is 3.50. The molecule has 1 radical (unpaired) electrons. The van der Waals surface area contributed by atoms with Crippen molar-refractivity contribution in [2.75, 3.05) is 48.6 Å². The van der Waals surface area contributed by atoms with Crippen molar-refractivity contribution < 1.29 is 60.9 Å². The summed E-state index contributed by atoms with van der Waals surface area (Å²) in [5, 5.41) is 0. The van der Waals surface area contributed by atoms with Crippen LogP contribution in [0.4, 0.5) is 0 Å². The summed E-state index contributed by atoms with van der Waals surface area (Å²) in [7, 11) is 8.83. The molecule has 0 aliphatic carbocycles. The monoisotopic (exact) mass is 502 g/mol. The second-order valence-electron chi connectivity index (χ2n) is 7.89. The van der Waals surface area contributed by atoms with Crippen LogP contribution in [0.5, 0.6) is 23.0 Å². The molecule has 1 unspecified atom stereocenters. The third-order valence-electron chi connectivity index (χ3n) is 6.25. The standard InChI is InChI=1S/C24H31NO5.Y/c1-25(10-6-12-26)11-9-18-15-23(29-4)24(30-5)16-19(18)20(25)13-17-7-8-21(27-2)22(14-17)28-3;/h7-8,14-16,20H,6,9-11,13H2,1-5H3;/t20-,25?;/m1./s1. The van der Waals surface area contributed by atoms with Gasteiger partial charge in [-0.15, -0.1) is 6.42 Å². The first-order valence-corrected chi connectivity index (χ1v) is 10.1. The zero-order chi connectivity index (χ0) is 21.7. The molecular weight excluding hydrogens is 471 g/mol. The van der Waals surface area contributed by atoms with Crippen LogP contribution in [0.25, 0.3) is 0 Å². The molecule has 2 atom stereocenters. The number of methoxy groups -OCH3 is 4. The Bertz CT molecular complexity index is 904. The van der Waals surface area contributed by atoms with Gasteiger partial charge in [0, 0.05) is 51.1 Å². The maximum Gasteiger partial charge on any atom is 0.161 e. The fraction of sp³-hybridized carbons (Fsp3) is 0.458. The van der Waals surface area contributed by atoms with E-state index >= 15 is 0 Å². The maximum absolute atomic E-state index is 11.0. The molecule has 0 spiro atoms. The molecule has 0 amide bonds. The Labute approximate surface area is 210 Å². The Morgan fingerprint density at radius 3 is 2.16 bits per heavy atom. The fourth-order valence-electron chi connectivity index (χ4n) is 4.46. The Hall–Kier alpha value is -1.63. The van der Waals surface area contributed by atoms with E-state index in [0.717, 1.165) is 47.5 Å². The van der Waals surface area contributed by atoms with Crippen molar-refractivity contribution in [3.05, 3.63) is 47.0 Å². The summed E-state index contributed by atoms with van der Waals surface area (Å²) in [4.78, 5) is 11.0. The molecule has 3 rings (SSSR count). The molecule has 0 bridgehead atoms. The smallest absolute Gasteiger partial charge is 0.161 e. The van der Waals surface area contributed by atoms with E-state index in [1.54, 1.807) is 28.4 Å². The largest absolute Gasteiger partial charge is 0.542 e. The molecule has 1 aliphatic heterocycles. The number of carbonyl (C=O) groups excluding carboxylic acids is 1. The van der Waals surface area contributed by atoms with Gasteiger partial charge in [0.2, 0.25) is 0 Å². The number of nitrogens with zero attached hydrogens (tertiary/aromatic N) is 1. The minimum Gasteiger partial charge on any atom is -0.542 e. The van der Waals surface area contributed by atoms with Crippen molar-refractivity contribution in [2.24, 2.45) is 0 Å². The average molecular weight is 502 g/mol. The SMILES string of the molecule is COc1ccc(C[C@@H]2c3cc(OC)c(OC)cc3CC[N+]2(C)CC[C-]=O)cc1OC.[Y]. The fourth-order valence-corrected chi connectivity index (χ4v) is 4.46. The molecule has 6 nitrogen and oxygen atoms in total. The van der Waals surface area contributed by atoms with Crippen molar-refractivity contribution in [1.29, 1.82) is 0 Å². The Morgan fingerprint density at radius 1 is 0.935 bits per heavy atom. The van der Waals surface area contributed by atoms with Crippen LogP contribution >= 0.6 is 0 Å². The zero-order valence-corrected chi connectivity index (χ0v) is 21.9. The summed E-state index contributed by atoms with van der Waals surface area (Å²) < 4.78 is 22.8. The molecule has 0 N–H and O–H groups in total. The number of hydrogen-bond acceptors (Lipinski definition) is 5. The first-order chi connectivity index (χ1) is 14.5. The van der Waals surface area contributed by atoms with E-state index in [2.05, 4.69) is 31.5 Å². The van der Waals surface area contributed by atoms with Crippen LogP contribution in [0.1, 0.15) is 29.2 Å². The van der Waals surface area contributed by atoms with Gasteiger partial charge in [0.15, 0.2) is 23.0 Å². The van der Waals surface area contributed by atoms with Gasteiger partial charge < -0.3 is 28.2 Å². The number of benzene rings is 2. The minimum atomic E-state index is 0. The number of likely N-dealkylation sites (N-methyl/N-ethyl adjacent to an activating group) is 1. The van der Waals surface area contributed by atoms with E-state index in [1.807, 2.05) is 12.1 Å². The first-order valence-electron chi connectivity index (χ1n) is 10.1. The van der Waals surface area contributed by atoms with Crippen LogP contribution in [-0.2, 0) is 50.3 Å². The van der Waals surface area contributed by atoms with Crippen molar-refractivity contribution in [2.45, 2.75) is 25.3 Å². The zero-order valence-electron chi connectivity index (χ0n) is 19.1. The van der Waals surface area contributed by atoms with Gasteiger partial charge in [-0.1, -0.05) is 6.07 Å². The Morgan fingerprint density at radius 2 is 1.55 bits per heavy atom. The molecule has 2 aromatic carbocycles. The molecule has 1 heterocycles. The van der Waals surface area contributed by atoms with Crippen molar-refractivity contribution >= 4 is 6.29 Å². The van der Waals surface area contributed by atoms with Gasteiger partial charge in [0.1, 0.15) is 6.04 Å². The van der Waals surface area contributed by atoms with E-state index in [-0.39, 0.29) is 38.8 Å². The number of hydrogen-bond donors (Lipinski definition) is 0. The summed E-state index contributed by atoms with van der Waals surface area (Å²) >= 11 is 0. The minimum absolute atomic E-state index is 0. The van der Waals surface area contributed by atoms with Gasteiger partial charge >= 0.3 is 0 Å². The topological polar surface area (TPSA) is 54.0 Å². The summed E-state index contributed by atoms with van der Waals surface area (Å²) in [6, 6.07) is 10.4. The second kappa shape index (κ2) is 11.3. The molecule has 1 aliphatic rings. The van der Waals surface area contributed by atoms with E-state index in [1.165, 1.54) is 11.1 Å². The first kappa shape index (κ1) is 25.6. The molecule has 0 aromatic heterocycles. The maximum atomic E-state index is 11.0. The quantitative estimate of drug-likeness (QED) is 0.388. The number of rotatable bonds is 9. The van der Waals surface area contributed by atoms with Crippen LogP contribution in [0.3, 0.4) is 0 Å². The molecule has 0 saturated heterocycles. The summed E-state index contributed by atoms with van der Waals surface area (Å²) in [6.45, 7) is 1.69. The molecular formula is C24H31NO5Y. The van der Waals surface area contributed by atoms with E-state index in [4.69, 9.17) is 18.9 Å². The number of fused-ring (bicyclic) bond motifs is 1. The number of ether oxygens (including phenoxy) is 4. The van der Waals surface area contributed by atoms with Crippen LogP contribution in [-0.4, -0.2) is 59.3 Å². The average Bonchev–Trinajstić information content (AvgIpc) is 2.78. The van der Waals surface area contributed by atoms with Crippen molar-refractivity contribution in [3.63, 3.8) is 0 Å². The van der Waals surface area contributed by atoms with Crippen LogP contribution in [0.15, 0.2) is 30.3 Å². The van der Waals surface area contributed by atoms with E-state index < -0.39 is 0 Å². The number of quaternary nitrogens is 1. The Balaban J connectivity index is 0.00000341.